The number of esters is 1. The highest BCUT2D eigenvalue weighted by Gasteiger charge is 2.28. The zero-order valence-corrected chi connectivity index (χ0v) is 10.9. The van der Waals surface area contributed by atoms with E-state index in [9.17, 15) is 9.90 Å². The van der Waals surface area contributed by atoms with Gasteiger partial charge >= 0.3 is 5.97 Å². The SMILES string of the molecule is COC(=O)c1ccc(C(C)(O)Cc2ccccc2)o1. The second-order valence-corrected chi connectivity index (χ2v) is 4.59. The lowest BCUT2D eigenvalue weighted by molar-refractivity contribution is 0.0306. The standard InChI is InChI=1S/C15H16O4/c1-15(17,10-11-6-4-3-5-7-11)13-9-8-12(19-13)14(16)18-2/h3-9,17H,10H2,1-2H3. The molecule has 0 saturated carbocycles. The van der Waals surface area contributed by atoms with E-state index in [2.05, 4.69) is 4.74 Å². The summed E-state index contributed by atoms with van der Waals surface area (Å²) < 4.78 is 9.92. The van der Waals surface area contributed by atoms with Gasteiger partial charge in [-0.25, -0.2) is 4.79 Å². The van der Waals surface area contributed by atoms with Gasteiger partial charge in [0.1, 0.15) is 11.4 Å². The minimum absolute atomic E-state index is 0.0887. The van der Waals surface area contributed by atoms with E-state index in [4.69, 9.17) is 4.42 Å². The van der Waals surface area contributed by atoms with Crippen LogP contribution in [0.5, 0.6) is 0 Å². The Bertz CT molecular complexity index is 555. The molecule has 1 aromatic heterocycles. The summed E-state index contributed by atoms with van der Waals surface area (Å²) in [6.07, 6.45) is 0.405. The predicted octanol–water partition coefficient (Wildman–Crippen LogP) is 2.52. The van der Waals surface area contributed by atoms with E-state index in [1.807, 2.05) is 30.3 Å². The fraction of sp³-hybridized carbons (Fsp3) is 0.267. The van der Waals surface area contributed by atoms with E-state index >= 15 is 0 Å². The predicted molar refractivity (Wildman–Crippen MR) is 69.8 cm³/mol. The van der Waals surface area contributed by atoms with Gasteiger partial charge in [-0.15, -0.1) is 0 Å². The van der Waals surface area contributed by atoms with Crippen LogP contribution in [0, 0.1) is 0 Å². The minimum Gasteiger partial charge on any atom is -0.463 e. The third-order valence-corrected chi connectivity index (χ3v) is 2.91. The highest BCUT2D eigenvalue weighted by molar-refractivity contribution is 5.86. The first-order chi connectivity index (χ1) is 9.03. The molecule has 0 saturated heterocycles. The number of carbonyl (C=O) groups is 1. The van der Waals surface area contributed by atoms with Crippen LogP contribution >= 0.6 is 0 Å². The highest BCUT2D eigenvalue weighted by Crippen LogP contribution is 2.27. The van der Waals surface area contributed by atoms with Crippen LogP contribution < -0.4 is 0 Å². The lowest BCUT2D eigenvalue weighted by Gasteiger charge is -2.20. The summed E-state index contributed by atoms with van der Waals surface area (Å²) in [6, 6.07) is 12.7. The van der Waals surface area contributed by atoms with Gasteiger partial charge in [-0.2, -0.15) is 0 Å². The van der Waals surface area contributed by atoms with Crippen LogP contribution in [-0.4, -0.2) is 18.2 Å². The number of aliphatic hydroxyl groups is 1. The van der Waals surface area contributed by atoms with Crippen LogP contribution in [0.25, 0.3) is 0 Å². The van der Waals surface area contributed by atoms with Crippen LogP contribution in [0.4, 0.5) is 0 Å². The van der Waals surface area contributed by atoms with Crippen molar-refractivity contribution in [2.45, 2.75) is 18.9 Å². The first-order valence-corrected chi connectivity index (χ1v) is 5.98. The zero-order valence-electron chi connectivity index (χ0n) is 10.9. The van der Waals surface area contributed by atoms with Gasteiger partial charge in [0.2, 0.25) is 5.76 Å². The van der Waals surface area contributed by atoms with E-state index in [-0.39, 0.29) is 5.76 Å². The lowest BCUT2D eigenvalue weighted by atomic mass is 9.94. The molecule has 1 N–H and O–H groups in total. The Labute approximate surface area is 111 Å². The van der Waals surface area contributed by atoms with Crippen molar-refractivity contribution in [1.82, 2.24) is 0 Å². The number of carbonyl (C=O) groups excluding carboxylic acids is 1. The molecule has 4 heteroatoms. The summed E-state index contributed by atoms with van der Waals surface area (Å²) in [5.41, 5.74) is -0.184. The highest BCUT2D eigenvalue weighted by atomic mass is 16.5. The number of ether oxygens (including phenoxy) is 1. The van der Waals surface area contributed by atoms with Gasteiger partial charge in [0.05, 0.1) is 7.11 Å². The van der Waals surface area contributed by atoms with Gasteiger partial charge < -0.3 is 14.3 Å². The molecule has 0 aliphatic rings. The van der Waals surface area contributed by atoms with Gasteiger partial charge in [-0.05, 0) is 24.6 Å². The third-order valence-electron chi connectivity index (χ3n) is 2.91. The van der Waals surface area contributed by atoms with Crippen molar-refractivity contribution in [2.24, 2.45) is 0 Å². The molecule has 0 spiro atoms. The second kappa shape index (κ2) is 5.28. The van der Waals surface area contributed by atoms with E-state index < -0.39 is 11.6 Å². The molecule has 1 heterocycles. The molecule has 0 aliphatic heterocycles. The number of furan rings is 1. The van der Waals surface area contributed by atoms with E-state index in [1.54, 1.807) is 13.0 Å². The van der Waals surface area contributed by atoms with Crippen LogP contribution in [0.3, 0.4) is 0 Å². The normalized spacial score (nSPS) is 13.8. The topological polar surface area (TPSA) is 59.7 Å². The van der Waals surface area contributed by atoms with E-state index in [1.165, 1.54) is 13.2 Å². The van der Waals surface area contributed by atoms with Crippen molar-refractivity contribution in [2.75, 3.05) is 7.11 Å². The first-order valence-electron chi connectivity index (χ1n) is 5.98. The van der Waals surface area contributed by atoms with Crippen LogP contribution in [0.15, 0.2) is 46.9 Å². The van der Waals surface area contributed by atoms with Gasteiger partial charge in [0.25, 0.3) is 0 Å². The summed E-state index contributed by atoms with van der Waals surface area (Å²) in [5, 5.41) is 10.5. The molecule has 100 valence electrons. The monoisotopic (exact) mass is 260 g/mol. The smallest absolute Gasteiger partial charge is 0.373 e. The maximum atomic E-state index is 11.3. The van der Waals surface area contributed by atoms with Crippen molar-refractivity contribution >= 4 is 5.97 Å². The molecule has 2 aromatic rings. The zero-order chi connectivity index (χ0) is 13.9. The molecular formula is C15H16O4. The van der Waals surface area contributed by atoms with Crippen LogP contribution in [-0.2, 0) is 16.8 Å². The molecule has 19 heavy (non-hydrogen) atoms. The second-order valence-electron chi connectivity index (χ2n) is 4.59. The largest absolute Gasteiger partial charge is 0.463 e. The Morgan fingerprint density at radius 3 is 2.58 bits per heavy atom. The quantitative estimate of drug-likeness (QED) is 0.858. The summed E-state index contributed by atoms with van der Waals surface area (Å²) >= 11 is 0. The molecule has 0 fully saturated rings. The Balaban J connectivity index is 2.19. The van der Waals surface area contributed by atoms with Crippen LogP contribution in [0.1, 0.15) is 28.8 Å². The van der Waals surface area contributed by atoms with Gasteiger partial charge in [0, 0.05) is 6.42 Å². The van der Waals surface area contributed by atoms with Gasteiger partial charge in [0.15, 0.2) is 0 Å². The molecular weight excluding hydrogens is 244 g/mol. The molecule has 4 nitrogen and oxygen atoms in total. The molecule has 0 amide bonds. The molecule has 0 radical (unpaired) electrons. The van der Waals surface area contributed by atoms with Crippen molar-refractivity contribution in [3.05, 3.63) is 59.5 Å². The fourth-order valence-corrected chi connectivity index (χ4v) is 1.92. The Morgan fingerprint density at radius 2 is 1.95 bits per heavy atom. The summed E-state index contributed by atoms with van der Waals surface area (Å²) in [6.45, 7) is 1.65. The number of methoxy groups -OCH3 is 1. The van der Waals surface area contributed by atoms with Crippen LogP contribution in [0.2, 0.25) is 0 Å². The summed E-state index contributed by atoms with van der Waals surface area (Å²) in [4.78, 5) is 11.3. The molecule has 2 rings (SSSR count). The fourth-order valence-electron chi connectivity index (χ4n) is 1.92. The number of benzene rings is 1. The number of rotatable bonds is 4. The summed E-state index contributed by atoms with van der Waals surface area (Å²) in [7, 11) is 1.28. The lowest BCUT2D eigenvalue weighted by Crippen LogP contribution is -2.23. The van der Waals surface area contributed by atoms with Gasteiger partial charge in [-0.3, -0.25) is 0 Å². The van der Waals surface area contributed by atoms with Crippen molar-refractivity contribution < 1.29 is 19.1 Å². The third kappa shape index (κ3) is 3.03. The van der Waals surface area contributed by atoms with Gasteiger partial charge in [-0.1, -0.05) is 30.3 Å². The molecule has 1 atom stereocenters. The molecule has 0 bridgehead atoms. The minimum atomic E-state index is -1.17. The van der Waals surface area contributed by atoms with Crippen molar-refractivity contribution in [3.8, 4) is 0 Å². The Morgan fingerprint density at radius 1 is 1.26 bits per heavy atom. The maximum Gasteiger partial charge on any atom is 0.373 e. The van der Waals surface area contributed by atoms with E-state index in [0.29, 0.717) is 12.2 Å². The Hall–Kier alpha value is -2.07. The molecule has 1 unspecified atom stereocenters. The summed E-state index contributed by atoms with van der Waals surface area (Å²) in [5.74, 6) is -0.121. The molecule has 0 aliphatic carbocycles. The Kier molecular flexibility index (Phi) is 3.71. The van der Waals surface area contributed by atoms with Crippen molar-refractivity contribution in [1.29, 1.82) is 0 Å². The average molecular weight is 260 g/mol. The van der Waals surface area contributed by atoms with Crippen molar-refractivity contribution in [3.63, 3.8) is 0 Å². The van der Waals surface area contributed by atoms with E-state index in [0.717, 1.165) is 5.56 Å². The number of hydrogen-bond acceptors (Lipinski definition) is 4. The molecule has 1 aromatic carbocycles. The maximum absolute atomic E-state index is 11.3. The first kappa shape index (κ1) is 13.4. The number of hydrogen-bond donors (Lipinski definition) is 1. The average Bonchev–Trinajstić information content (AvgIpc) is 2.89.